The summed E-state index contributed by atoms with van der Waals surface area (Å²) in [6.45, 7) is 3.36. The van der Waals surface area contributed by atoms with E-state index in [1.165, 1.54) is 0 Å². The molecule has 16 heavy (non-hydrogen) atoms. The molecule has 0 saturated carbocycles. The lowest BCUT2D eigenvalue weighted by Gasteiger charge is -2.16. The van der Waals surface area contributed by atoms with Crippen LogP contribution in [0.2, 0.25) is 0 Å². The van der Waals surface area contributed by atoms with Crippen LogP contribution >= 0.6 is 0 Å². The van der Waals surface area contributed by atoms with Crippen LogP contribution in [-0.2, 0) is 12.6 Å². The number of aromatic nitrogens is 2. The highest BCUT2D eigenvalue weighted by atomic mass is 16.3. The SMILES string of the molecule is Cn1c(C(C)(C)O)nc2c(C#N)cccc21. The smallest absolute Gasteiger partial charge is 0.141 e. The number of nitrogens with zero attached hydrogens (tertiary/aromatic N) is 3. The quantitative estimate of drug-likeness (QED) is 0.787. The van der Waals surface area contributed by atoms with E-state index in [1.807, 2.05) is 23.7 Å². The van der Waals surface area contributed by atoms with E-state index in [0.717, 1.165) is 5.52 Å². The average molecular weight is 215 g/mol. The van der Waals surface area contributed by atoms with Crippen molar-refractivity contribution in [2.75, 3.05) is 0 Å². The van der Waals surface area contributed by atoms with Gasteiger partial charge in [0.1, 0.15) is 23.0 Å². The summed E-state index contributed by atoms with van der Waals surface area (Å²) in [6.07, 6.45) is 0. The molecule has 2 rings (SSSR count). The van der Waals surface area contributed by atoms with Gasteiger partial charge >= 0.3 is 0 Å². The molecule has 1 heterocycles. The third kappa shape index (κ3) is 1.46. The lowest BCUT2D eigenvalue weighted by atomic mass is 10.1. The van der Waals surface area contributed by atoms with Crippen molar-refractivity contribution in [1.82, 2.24) is 9.55 Å². The molecule has 0 aliphatic carbocycles. The van der Waals surface area contributed by atoms with Crippen LogP contribution in [0.25, 0.3) is 11.0 Å². The minimum absolute atomic E-state index is 0.531. The molecule has 0 aliphatic rings. The van der Waals surface area contributed by atoms with Crippen LogP contribution in [0.15, 0.2) is 18.2 Å². The molecule has 82 valence electrons. The monoisotopic (exact) mass is 215 g/mol. The Morgan fingerprint density at radius 2 is 2.12 bits per heavy atom. The first-order chi connectivity index (χ1) is 7.45. The van der Waals surface area contributed by atoms with E-state index < -0.39 is 5.60 Å². The summed E-state index contributed by atoms with van der Waals surface area (Å²) >= 11 is 0. The van der Waals surface area contributed by atoms with Crippen LogP contribution in [0.4, 0.5) is 0 Å². The zero-order valence-electron chi connectivity index (χ0n) is 9.52. The van der Waals surface area contributed by atoms with Crippen LogP contribution < -0.4 is 0 Å². The number of aryl methyl sites for hydroxylation is 1. The van der Waals surface area contributed by atoms with Gasteiger partial charge in [-0.05, 0) is 26.0 Å². The Bertz CT molecular complexity index is 585. The number of rotatable bonds is 1. The molecule has 0 spiro atoms. The molecule has 1 aromatic heterocycles. The van der Waals surface area contributed by atoms with Gasteiger partial charge in [0, 0.05) is 7.05 Å². The first-order valence-corrected chi connectivity index (χ1v) is 5.03. The Morgan fingerprint density at radius 3 is 2.69 bits per heavy atom. The number of aliphatic hydroxyl groups is 1. The molecule has 0 unspecified atom stereocenters. The van der Waals surface area contributed by atoms with Crippen molar-refractivity contribution in [1.29, 1.82) is 5.26 Å². The minimum atomic E-state index is -1.01. The van der Waals surface area contributed by atoms with E-state index in [0.29, 0.717) is 16.9 Å². The van der Waals surface area contributed by atoms with Gasteiger partial charge in [-0.2, -0.15) is 5.26 Å². The van der Waals surface area contributed by atoms with E-state index in [2.05, 4.69) is 11.1 Å². The highest BCUT2D eigenvalue weighted by molar-refractivity contribution is 5.82. The molecule has 1 N–H and O–H groups in total. The largest absolute Gasteiger partial charge is 0.383 e. The fraction of sp³-hybridized carbons (Fsp3) is 0.333. The summed E-state index contributed by atoms with van der Waals surface area (Å²) in [5, 5.41) is 18.9. The maximum Gasteiger partial charge on any atom is 0.141 e. The summed E-state index contributed by atoms with van der Waals surface area (Å²) in [4.78, 5) is 4.34. The Morgan fingerprint density at radius 1 is 1.44 bits per heavy atom. The maximum absolute atomic E-state index is 9.97. The minimum Gasteiger partial charge on any atom is -0.383 e. The van der Waals surface area contributed by atoms with Gasteiger partial charge in [0.05, 0.1) is 11.1 Å². The normalized spacial score (nSPS) is 11.7. The van der Waals surface area contributed by atoms with E-state index in [-0.39, 0.29) is 0 Å². The van der Waals surface area contributed by atoms with Crippen molar-refractivity contribution in [2.24, 2.45) is 7.05 Å². The van der Waals surface area contributed by atoms with Gasteiger partial charge in [-0.25, -0.2) is 4.98 Å². The number of nitriles is 1. The number of benzene rings is 1. The van der Waals surface area contributed by atoms with Gasteiger partial charge in [0.15, 0.2) is 0 Å². The van der Waals surface area contributed by atoms with Crippen molar-refractivity contribution in [3.8, 4) is 6.07 Å². The molecule has 4 heteroatoms. The summed E-state index contributed by atoms with van der Waals surface area (Å²) in [7, 11) is 1.84. The second kappa shape index (κ2) is 3.32. The molecule has 1 aromatic carbocycles. The van der Waals surface area contributed by atoms with E-state index >= 15 is 0 Å². The average Bonchev–Trinajstić information content (AvgIpc) is 2.56. The number of imidazole rings is 1. The molecule has 0 saturated heterocycles. The van der Waals surface area contributed by atoms with Crippen molar-refractivity contribution < 1.29 is 5.11 Å². The predicted molar refractivity (Wildman–Crippen MR) is 60.7 cm³/mol. The van der Waals surface area contributed by atoms with Crippen LogP contribution in [0.1, 0.15) is 25.2 Å². The van der Waals surface area contributed by atoms with Crippen molar-refractivity contribution in [3.63, 3.8) is 0 Å². The topological polar surface area (TPSA) is 61.8 Å². The van der Waals surface area contributed by atoms with Gasteiger partial charge in [-0.1, -0.05) is 6.07 Å². The van der Waals surface area contributed by atoms with Crippen molar-refractivity contribution in [2.45, 2.75) is 19.4 Å². The van der Waals surface area contributed by atoms with Crippen LogP contribution in [-0.4, -0.2) is 14.7 Å². The fourth-order valence-electron chi connectivity index (χ4n) is 1.85. The molecule has 0 atom stereocenters. The Labute approximate surface area is 93.8 Å². The van der Waals surface area contributed by atoms with Crippen molar-refractivity contribution in [3.05, 3.63) is 29.6 Å². The fourth-order valence-corrected chi connectivity index (χ4v) is 1.85. The van der Waals surface area contributed by atoms with Gasteiger partial charge in [-0.3, -0.25) is 0 Å². The molecule has 0 bridgehead atoms. The number of hydrogen-bond acceptors (Lipinski definition) is 3. The summed E-state index contributed by atoms with van der Waals surface area (Å²) < 4.78 is 1.82. The van der Waals surface area contributed by atoms with Gasteiger partial charge < -0.3 is 9.67 Å². The maximum atomic E-state index is 9.97. The van der Waals surface area contributed by atoms with Crippen LogP contribution in [0.5, 0.6) is 0 Å². The highest BCUT2D eigenvalue weighted by Crippen LogP contribution is 2.25. The third-order valence-electron chi connectivity index (χ3n) is 2.58. The molecular formula is C12H13N3O. The number of hydrogen-bond donors (Lipinski definition) is 1. The lowest BCUT2D eigenvalue weighted by Crippen LogP contribution is -2.20. The molecule has 0 amide bonds. The molecule has 0 radical (unpaired) electrons. The third-order valence-corrected chi connectivity index (χ3v) is 2.58. The molecule has 4 nitrogen and oxygen atoms in total. The Hall–Kier alpha value is -1.86. The first kappa shape index (κ1) is 10.7. The predicted octanol–water partition coefficient (Wildman–Crippen LogP) is 1.67. The molecule has 2 aromatic rings. The van der Waals surface area contributed by atoms with Crippen LogP contribution in [0.3, 0.4) is 0 Å². The molecule has 0 fully saturated rings. The summed E-state index contributed by atoms with van der Waals surface area (Å²) in [5.74, 6) is 0.560. The number of para-hydroxylation sites is 1. The Kier molecular flexibility index (Phi) is 2.21. The standard InChI is InChI=1S/C12H13N3O/c1-12(2,16)11-14-10-8(7-13)5-4-6-9(10)15(11)3/h4-6,16H,1-3H3. The van der Waals surface area contributed by atoms with Crippen molar-refractivity contribution >= 4 is 11.0 Å². The second-order valence-corrected chi connectivity index (χ2v) is 4.34. The van der Waals surface area contributed by atoms with E-state index in [4.69, 9.17) is 5.26 Å². The van der Waals surface area contributed by atoms with Gasteiger partial charge in [0.25, 0.3) is 0 Å². The lowest BCUT2D eigenvalue weighted by molar-refractivity contribution is 0.0663. The Balaban J connectivity index is 2.84. The van der Waals surface area contributed by atoms with Crippen LogP contribution in [0, 0.1) is 11.3 Å². The van der Waals surface area contributed by atoms with Gasteiger partial charge in [0.2, 0.25) is 0 Å². The summed E-state index contributed by atoms with van der Waals surface area (Å²) in [6, 6.07) is 7.53. The first-order valence-electron chi connectivity index (χ1n) is 5.03. The number of fused-ring (bicyclic) bond motifs is 1. The van der Waals surface area contributed by atoms with E-state index in [9.17, 15) is 5.11 Å². The molecular weight excluding hydrogens is 202 g/mol. The molecule has 0 aliphatic heterocycles. The highest BCUT2D eigenvalue weighted by Gasteiger charge is 2.23. The van der Waals surface area contributed by atoms with E-state index in [1.54, 1.807) is 19.9 Å². The second-order valence-electron chi connectivity index (χ2n) is 4.34. The summed E-state index contributed by atoms with van der Waals surface area (Å²) in [5.41, 5.74) is 1.02. The zero-order valence-corrected chi connectivity index (χ0v) is 9.52. The van der Waals surface area contributed by atoms with Gasteiger partial charge in [-0.15, -0.1) is 0 Å². The zero-order chi connectivity index (χ0) is 11.9.